The van der Waals surface area contributed by atoms with Gasteiger partial charge in [-0.25, -0.2) is 9.78 Å². The molecule has 152 valence electrons. The third-order valence-electron chi connectivity index (χ3n) is 6.29. The minimum absolute atomic E-state index is 0.0712. The van der Waals surface area contributed by atoms with E-state index in [1.165, 1.54) is 32.4 Å². The molecular formula is C22H32N4O2. The molecule has 0 bridgehead atoms. The molecule has 0 spiro atoms. The van der Waals surface area contributed by atoms with Gasteiger partial charge >= 0.3 is 6.03 Å². The molecule has 1 aromatic heterocycles. The summed E-state index contributed by atoms with van der Waals surface area (Å²) >= 11 is 0. The molecule has 2 aromatic rings. The first kappa shape index (κ1) is 19.2. The molecule has 2 saturated heterocycles. The number of nitrogens with zero attached hydrogens (tertiary/aromatic N) is 3. The number of carbonyl (C=O) groups excluding carboxylic acids is 1. The zero-order valence-corrected chi connectivity index (χ0v) is 16.9. The highest BCUT2D eigenvalue weighted by Gasteiger charge is 2.27. The Morgan fingerprint density at radius 1 is 1.18 bits per heavy atom. The van der Waals surface area contributed by atoms with Gasteiger partial charge in [-0.1, -0.05) is 18.6 Å². The highest BCUT2D eigenvalue weighted by atomic mass is 16.3. The molecule has 6 heteroatoms. The molecule has 1 aromatic carbocycles. The van der Waals surface area contributed by atoms with Crippen molar-refractivity contribution in [1.82, 2.24) is 20.1 Å². The highest BCUT2D eigenvalue weighted by Crippen LogP contribution is 2.29. The normalized spacial score (nSPS) is 20.4. The first-order chi connectivity index (χ1) is 13.7. The van der Waals surface area contributed by atoms with Gasteiger partial charge in [0.1, 0.15) is 5.52 Å². The van der Waals surface area contributed by atoms with E-state index in [1.54, 1.807) is 0 Å². The van der Waals surface area contributed by atoms with Crippen LogP contribution in [0.3, 0.4) is 0 Å². The highest BCUT2D eigenvalue weighted by molar-refractivity contribution is 5.74. The number of oxazole rings is 1. The number of hydrogen-bond donors (Lipinski definition) is 1. The number of likely N-dealkylation sites (tertiary alicyclic amines) is 2. The Labute approximate surface area is 167 Å². The van der Waals surface area contributed by atoms with Gasteiger partial charge in [0.15, 0.2) is 11.5 Å². The fourth-order valence-corrected chi connectivity index (χ4v) is 4.44. The third kappa shape index (κ3) is 4.49. The Balaban J connectivity index is 1.20. The van der Waals surface area contributed by atoms with Crippen LogP contribution in [0.25, 0.3) is 11.1 Å². The van der Waals surface area contributed by atoms with E-state index in [0.717, 1.165) is 55.9 Å². The number of aromatic nitrogens is 1. The van der Waals surface area contributed by atoms with Crippen LogP contribution in [-0.4, -0.2) is 59.6 Å². The molecule has 2 aliphatic rings. The molecule has 1 unspecified atom stereocenters. The second kappa shape index (κ2) is 8.95. The molecule has 2 fully saturated rings. The predicted octanol–water partition coefficient (Wildman–Crippen LogP) is 3.98. The molecule has 6 nitrogen and oxygen atoms in total. The maximum atomic E-state index is 12.5. The Kier molecular flexibility index (Phi) is 6.15. The van der Waals surface area contributed by atoms with Crippen molar-refractivity contribution in [2.75, 3.05) is 32.7 Å². The van der Waals surface area contributed by atoms with Crippen molar-refractivity contribution in [1.29, 1.82) is 0 Å². The van der Waals surface area contributed by atoms with Gasteiger partial charge in [0.2, 0.25) is 0 Å². The largest absolute Gasteiger partial charge is 0.440 e. The first-order valence-electron chi connectivity index (χ1n) is 10.8. The molecule has 0 aliphatic carbocycles. The van der Waals surface area contributed by atoms with E-state index < -0.39 is 0 Å². The summed E-state index contributed by atoms with van der Waals surface area (Å²) in [6.07, 6.45) is 6.82. The lowest BCUT2D eigenvalue weighted by Gasteiger charge is -2.33. The van der Waals surface area contributed by atoms with Crippen molar-refractivity contribution in [2.45, 2.75) is 57.4 Å². The van der Waals surface area contributed by atoms with E-state index in [1.807, 2.05) is 29.2 Å². The Bertz CT molecular complexity index is 743. The summed E-state index contributed by atoms with van der Waals surface area (Å²) < 4.78 is 5.92. The number of urea groups is 1. The SMILES string of the molecule is CC(CCNC(=O)N1CCC(c2nc3ccccc3o2)CC1)N1CCCCC1. The van der Waals surface area contributed by atoms with Crippen LogP contribution in [-0.2, 0) is 0 Å². The number of nitrogens with one attached hydrogen (secondary N) is 1. The van der Waals surface area contributed by atoms with E-state index in [2.05, 4.69) is 22.1 Å². The fourth-order valence-electron chi connectivity index (χ4n) is 4.44. The second-order valence-electron chi connectivity index (χ2n) is 8.25. The van der Waals surface area contributed by atoms with Crippen molar-refractivity contribution in [2.24, 2.45) is 0 Å². The second-order valence-corrected chi connectivity index (χ2v) is 8.25. The Hall–Kier alpha value is -2.08. The molecule has 2 amide bonds. The van der Waals surface area contributed by atoms with E-state index >= 15 is 0 Å². The summed E-state index contributed by atoms with van der Waals surface area (Å²) in [5, 5.41) is 3.12. The molecule has 0 radical (unpaired) electrons. The van der Waals surface area contributed by atoms with Crippen molar-refractivity contribution in [3.05, 3.63) is 30.2 Å². The van der Waals surface area contributed by atoms with Gasteiger partial charge in [-0.15, -0.1) is 0 Å². The van der Waals surface area contributed by atoms with Crippen LogP contribution >= 0.6 is 0 Å². The number of benzene rings is 1. The molecule has 3 heterocycles. The minimum Gasteiger partial charge on any atom is -0.440 e. The van der Waals surface area contributed by atoms with Crippen LogP contribution in [0.4, 0.5) is 4.79 Å². The van der Waals surface area contributed by atoms with E-state index in [4.69, 9.17) is 4.42 Å². The smallest absolute Gasteiger partial charge is 0.317 e. The van der Waals surface area contributed by atoms with Gasteiger partial charge in [0.05, 0.1) is 0 Å². The summed E-state index contributed by atoms with van der Waals surface area (Å²) in [5.41, 5.74) is 1.76. The third-order valence-corrected chi connectivity index (χ3v) is 6.29. The van der Waals surface area contributed by atoms with Crippen molar-refractivity contribution in [3.8, 4) is 0 Å². The summed E-state index contributed by atoms with van der Waals surface area (Å²) in [6.45, 7) is 6.97. The van der Waals surface area contributed by atoms with Gasteiger partial charge in [-0.3, -0.25) is 0 Å². The first-order valence-corrected chi connectivity index (χ1v) is 10.8. The van der Waals surface area contributed by atoms with Gasteiger partial charge in [-0.2, -0.15) is 0 Å². The molecule has 4 rings (SSSR count). The lowest BCUT2D eigenvalue weighted by molar-refractivity contribution is 0.160. The Morgan fingerprint density at radius 2 is 1.93 bits per heavy atom. The number of hydrogen-bond acceptors (Lipinski definition) is 4. The van der Waals surface area contributed by atoms with Crippen LogP contribution in [0.2, 0.25) is 0 Å². The van der Waals surface area contributed by atoms with Crippen LogP contribution in [0.1, 0.15) is 57.3 Å². The van der Waals surface area contributed by atoms with Gasteiger partial charge in [0.25, 0.3) is 0 Å². The van der Waals surface area contributed by atoms with Crippen molar-refractivity contribution >= 4 is 17.1 Å². The summed E-state index contributed by atoms with van der Waals surface area (Å²) in [4.78, 5) is 21.6. The van der Waals surface area contributed by atoms with Gasteiger partial charge < -0.3 is 19.5 Å². The van der Waals surface area contributed by atoms with Crippen LogP contribution < -0.4 is 5.32 Å². The zero-order valence-electron chi connectivity index (χ0n) is 16.9. The number of para-hydroxylation sites is 2. The molecule has 2 aliphatic heterocycles. The Morgan fingerprint density at radius 3 is 2.68 bits per heavy atom. The van der Waals surface area contributed by atoms with Gasteiger partial charge in [0, 0.05) is 31.6 Å². The number of fused-ring (bicyclic) bond motifs is 1. The lowest BCUT2D eigenvalue weighted by atomic mass is 9.97. The lowest BCUT2D eigenvalue weighted by Crippen LogP contribution is -2.45. The quantitative estimate of drug-likeness (QED) is 0.847. The molecular weight excluding hydrogens is 352 g/mol. The fraction of sp³-hybridized carbons (Fsp3) is 0.636. The number of carbonyl (C=O) groups is 1. The van der Waals surface area contributed by atoms with E-state index in [9.17, 15) is 4.79 Å². The molecule has 1 atom stereocenters. The summed E-state index contributed by atoms with van der Waals surface area (Å²) in [6, 6.07) is 8.51. The average molecular weight is 385 g/mol. The zero-order chi connectivity index (χ0) is 19.3. The van der Waals surface area contributed by atoms with Gasteiger partial charge in [-0.05, 0) is 64.3 Å². The average Bonchev–Trinajstić information content (AvgIpc) is 3.18. The van der Waals surface area contributed by atoms with Crippen LogP contribution in [0.5, 0.6) is 0 Å². The topological polar surface area (TPSA) is 61.6 Å². The molecule has 0 saturated carbocycles. The maximum absolute atomic E-state index is 12.5. The molecule has 28 heavy (non-hydrogen) atoms. The number of rotatable bonds is 5. The van der Waals surface area contributed by atoms with E-state index in [-0.39, 0.29) is 6.03 Å². The summed E-state index contributed by atoms with van der Waals surface area (Å²) in [5.74, 6) is 1.12. The van der Waals surface area contributed by atoms with E-state index in [0.29, 0.717) is 12.0 Å². The minimum atomic E-state index is 0.0712. The monoisotopic (exact) mass is 384 g/mol. The summed E-state index contributed by atoms with van der Waals surface area (Å²) in [7, 11) is 0. The van der Waals surface area contributed by atoms with Crippen molar-refractivity contribution < 1.29 is 9.21 Å². The molecule has 1 N–H and O–H groups in total. The van der Waals surface area contributed by atoms with Crippen molar-refractivity contribution in [3.63, 3.8) is 0 Å². The maximum Gasteiger partial charge on any atom is 0.317 e. The number of amides is 2. The standard InChI is InChI=1S/C22H32N4O2/c1-17(25-13-5-2-6-14-25)9-12-23-22(27)26-15-10-18(11-16-26)21-24-19-7-3-4-8-20(19)28-21/h3-4,7-8,17-18H,2,5-6,9-16H2,1H3,(H,23,27). The number of piperidine rings is 2. The van der Waals surface area contributed by atoms with Crippen LogP contribution in [0, 0.1) is 0 Å². The predicted molar refractivity (Wildman–Crippen MR) is 110 cm³/mol. The van der Waals surface area contributed by atoms with Crippen LogP contribution in [0.15, 0.2) is 28.7 Å².